The maximum atomic E-state index is 13.0. The number of benzene rings is 1. The van der Waals surface area contributed by atoms with Crippen molar-refractivity contribution in [1.82, 2.24) is 0 Å². The van der Waals surface area contributed by atoms with Crippen LogP contribution in [0.1, 0.15) is 14.5 Å². The zero-order valence-electron chi connectivity index (χ0n) is 9.50. The maximum absolute atomic E-state index is 13.0. The van der Waals surface area contributed by atoms with E-state index in [1.54, 1.807) is 30.3 Å². The van der Waals surface area contributed by atoms with Crippen LogP contribution >= 0.6 is 27.3 Å². The van der Waals surface area contributed by atoms with Crippen LogP contribution in [0.3, 0.4) is 0 Å². The van der Waals surface area contributed by atoms with Crippen LogP contribution in [0.2, 0.25) is 0 Å². The molecule has 1 aromatic heterocycles. The first-order valence-electron chi connectivity index (χ1n) is 5.29. The van der Waals surface area contributed by atoms with Crippen molar-refractivity contribution in [2.24, 2.45) is 0 Å². The fourth-order valence-electron chi connectivity index (χ4n) is 1.64. The second-order valence-electron chi connectivity index (χ2n) is 3.77. The normalized spacial score (nSPS) is 11.6. The summed E-state index contributed by atoms with van der Waals surface area (Å²) in [6, 6.07) is 9.57. The van der Waals surface area contributed by atoms with E-state index in [9.17, 15) is 18.0 Å². The van der Waals surface area contributed by atoms with Gasteiger partial charge in [0.1, 0.15) is 4.88 Å². The van der Waals surface area contributed by atoms with E-state index in [1.165, 1.54) is 6.07 Å². The van der Waals surface area contributed by atoms with Gasteiger partial charge in [0.25, 0.3) is 0 Å². The zero-order chi connectivity index (χ0) is 14.0. The molecule has 0 aliphatic rings. The van der Waals surface area contributed by atoms with Gasteiger partial charge in [0, 0.05) is 5.56 Å². The Morgan fingerprint density at radius 1 is 1.21 bits per heavy atom. The lowest BCUT2D eigenvalue weighted by atomic mass is 10.1. The van der Waals surface area contributed by atoms with E-state index in [2.05, 4.69) is 15.9 Å². The van der Waals surface area contributed by atoms with Crippen molar-refractivity contribution in [3.05, 3.63) is 46.2 Å². The minimum atomic E-state index is -4.46. The summed E-state index contributed by atoms with van der Waals surface area (Å²) >= 11 is 3.46. The molecule has 2 rings (SSSR count). The SMILES string of the molecule is O=C(CBr)c1cc(-c2ccccc2)c(C(F)(F)F)s1. The molecule has 1 heterocycles. The van der Waals surface area contributed by atoms with Gasteiger partial charge in [-0.3, -0.25) is 4.79 Å². The van der Waals surface area contributed by atoms with E-state index < -0.39 is 11.1 Å². The Kier molecular flexibility index (Phi) is 4.10. The molecule has 0 fully saturated rings. The van der Waals surface area contributed by atoms with Crippen molar-refractivity contribution in [2.45, 2.75) is 6.18 Å². The van der Waals surface area contributed by atoms with Crippen molar-refractivity contribution < 1.29 is 18.0 Å². The number of Topliss-reactive ketones (excluding diaryl/α,β-unsaturated/α-hetero) is 1. The Bertz CT molecular complexity index is 590. The van der Waals surface area contributed by atoms with Gasteiger partial charge in [-0.05, 0) is 11.6 Å². The van der Waals surface area contributed by atoms with Gasteiger partial charge in [0.2, 0.25) is 0 Å². The Labute approximate surface area is 120 Å². The number of hydrogen-bond donors (Lipinski definition) is 0. The number of thiophene rings is 1. The largest absolute Gasteiger partial charge is 0.426 e. The number of rotatable bonds is 3. The quantitative estimate of drug-likeness (QED) is 0.562. The predicted octanol–water partition coefficient (Wildman–Crippen LogP) is 5.01. The Balaban J connectivity index is 2.59. The minimum Gasteiger partial charge on any atom is -0.292 e. The molecule has 1 nitrogen and oxygen atoms in total. The second kappa shape index (κ2) is 5.46. The lowest BCUT2D eigenvalue weighted by molar-refractivity contribution is -0.133. The number of alkyl halides is 4. The third-order valence-corrected chi connectivity index (χ3v) is 4.20. The molecule has 0 N–H and O–H groups in total. The fourth-order valence-corrected chi connectivity index (χ4v) is 3.11. The molecule has 2 aromatic rings. The Morgan fingerprint density at radius 2 is 1.84 bits per heavy atom. The molecule has 19 heavy (non-hydrogen) atoms. The molecule has 100 valence electrons. The van der Waals surface area contributed by atoms with Gasteiger partial charge >= 0.3 is 6.18 Å². The van der Waals surface area contributed by atoms with Crippen LogP contribution in [0.5, 0.6) is 0 Å². The highest BCUT2D eigenvalue weighted by molar-refractivity contribution is 9.09. The number of carbonyl (C=O) groups excluding carboxylic acids is 1. The van der Waals surface area contributed by atoms with E-state index in [0.29, 0.717) is 16.9 Å². The summed E-state index contributed by atoms with van der Waals surface area (Å²) in [5.41, 5.74) is 0.516. The number of halogens is 4. The number of hydrogen-bond acceptors (Lipinski definition) is 2. The van der Waals surface area contributed by atoms with Gasteiger partial charge in [-0.1, -0.05) is 46.3 Å². The van der Waals surface area contributed by atoms with E-state index in [0.717, 1.165) is 0 Å². The zero-order valence-corrected chi connectivity index (χ0v) is 11.9. The van der Waals surface area contributed by atoms with Crippen molar-refractivity contribution >= 4 is 33.0 Å². The van der Waals surface area contributed by atoms with Crippen LogP contribution < -0.4 is 0 Å². The van der Waals surface area contributed by atoms with Crippen LogP contribution in [0.25, 0.3) is 11.1 Å². The molecular formula is C13H8BrF3OS. The van der Waals surface area contributed by atoms with Gasteiger partial charge in [-0.15, -0.1) is 11.3 Å². The number of carbonyl (C=O) groups is 1. The summed E-state index contributed by atoms with van der Waals surface area (Å²) in [5, 5.41) is 0.0129. The topological polar surface area (TPSA) is 17.1 Å². The molecule has 0 atom stereocenters. The molecule has 0 radical (unpaired) electrons. The molecule has 6 heteroatoms. The molecule has 0 aliphatic heterocycles. The number of ketones is 1. The average Bonchev–Trinajstić information content (AvgIpc) is 2.84. The van der Waals surface area contributed by atoms with Gasteiger partial charge in [0.15, 0.2) is 5.78 Å². The molecule has 0 amide bonds. The van der Waals surface area contributed by atoms with E-state index in [1.807, 2.05) is 0 Å². The molecule has 0 saturated carbocycles. The van der Waals surface area contributed by atoms with Gasteiger partial charge in [0.05, 0.1) is 10.2 Å². The summed E-state index contributed by atoms with van der Waals surface area (Å²) in [4.78, 5) is 10.9. The third-order valence-electron chi connectivity index (χ3n) is 2.47. The van der Waals surface area contributed by atoms with Crippen molar-refractivity contribution in [1.29, 1.82) is 0 Å². The van der Waals surface area contributed by atoms with E-state index in [-0.39, 0.29) is 21.6 Å². The molecule has 0 spiro atoms. The molecular weight excluding hydrogens is 341 g/mol. The lowest BCUT2D eigenvalue weighted by Crippen LogP contribution is -2.03. The van der Waals surface area contributed by atoms with Crippen molar-refractivity contribution in [2.75, 3.05) is 5.33 Å². The van der Waals surface area contributed by atoms with Crippen LogP contribution in [0, 0.1) is 0 Å². The highest BCUT2D eigenvalue weighted by Gasteiger charge is 2.36. The molecule has 0 unspecified atom stereocenters. The van der Waals surface area contributed by atoms with Crippen molar-refractivity contribution in [3.63, 3.8) is 0 Å². The first-order valence-corrected chi connectivity index (χ1v) is 7.23. The summed E-state index contributed by atoms with van der Waals surface area (Å²) in [5.74, 6) is -0.349. The van der Waals surface area contributed by atoms with Gasteiger partial charge < -0.3 is 0 Å². The van der Waals surface area contributed by atoms with E-state index >= 15 is 0 Å². The molecule has 1 aromatic carbocycles. The van der Waals surface area contributed by atoms with Crippen molar-refractivity contribution in [3.8, 4) is 11.1 Å². The smallest absolute Gasteiger partial charge is 0.292 e. The van der Waals surface area contributed by atoms with Gasteiger partial charge in [-0.25, -0.2) is 0 Å². The van der Waals surface area contributed by atoms with Crippen LogP contribution in [0.15, 0.2) is 36.4 Å². The summed E-state index contributed by atoms with van der Waals surface area (Å²) in [6.07, 6.45) is -4.46. The summed E-state index contributed by atoms with van der Waals surface area (Å²) in [7, 11) is 0. The average molecular weight is 349 g/mol. The van der Waals surface area contributed by atoms with Crippen LogP contribution in [-0.2, 0) is 6.18 Å². The minimum absolute atomic E-state index is 0.0129. The summed E-state index contributed by atoms with van der Waals surface area (Å²) < 4.78 is 39.0. The standard InChI is InChI=1S/C13H8BrF3OS/c14-7-10(18)11-6-9(8-4-2-1-3-5-8)12(19-11)13(15,16)17/h1-6H,7H2. The van der Waals surface area contributed by atoms with E-state index in [4.69, 9.17) is 0 Å². The molecule has 0 saturated heterocycles. The predicted molar refractivity (Wildman–Crippen MR) is 72.9 cm³/mol. The van der Waals surface area contributed by atoms with Crippen LogP contribution in [-0.4, -0.2) is 11.1 Å². The maximum Gasteiger partial charge on any atom is 0.426 e. The highest BCUT2D eigenvalue weighted by Crippen LogP contribution is 2.42. The first kappa shape index (κ1) is 14.3. The Morgan fingerprint density at radius 3 is 2.37 bits per heavy atom. The lowest BCUT2D eigenvalue weighted by Gasteiger charge is -2.07. The second-order valence-corrected chi connectivity index (χ2v) is 5.39. The third kappa shape index (κ3) is 3.06. The fraction of sp³-hybridized carbons (Fsp3) is 0.154. The van der Waals surface area contributed by atoms with Gasteiger partial charge in [-0.2, -0.15) is 13.2 Å². The van der Waals surface area contributed by atoms with Crippen LogP contribution in [0.4, 0.5) is 13.2 Å². The Hall–Kier alpha value is -1.14. The first-order chi connectivity index (χ1) is 8.93. The summed E-state index contributed by atoms with van der Waals surface area (Å²) in [6.45, 7) is 0. The highest BCUT2D eigenvalue weighted by atomic mass is 79.9. The molecule has 0 aliphatic carbocycles. The molecule has 0 bridgehead atoms. The monoisotopic (exact) mass is 348 g/mol.